The van der Waals surface area contributed by atoms with Crippen LogP contribution in [-0.4, -0.2) is 16.6 Å². The highest BCUT2D eigenvalue weighted by Crippen LogP contribution is 2.41. The summed E-state index contributed by atoms with van der Waals surface area (Å²) in [7, 11) is 0. The molecule has 0 saturated heterocycles. The van der Waals surface area contributed by atoms with Crippen LogP contribution in [0.1, 0.15) is 32.4 Å². The summed E-state index contributed by atoms with van der Waals surface area (Å²) in [6, 6.07) is 5.89. The van der Waals surface area contributed by atoms with E-state index in [9.17, 15) is 10.1 Å². The smallest absolute Gasteiger partial charge is 0.158 e. The molecule has 0 spiro atoms. The molecule has 1 aliphatic rings. The fraction of sp³-hybridized carbons (Fsp3) is 0.353. The Hall–Kier alpha value is -2.06. The second-order valence-electron chi connectivity index (χ2n) is 4.99. The Kier molecular flexibility index (Phi) is 5.40. The monoisotopic (exact) mass is 314 g/mol. The van der Waals surface area contributed by atoms with E-state index in [2.05, 4.69) is 11.1 Å². The largest absolute Gasteiger partial charge is 0.469 e. The Morgan fingerprint density at radius 1 is 1.59 bits per heavy atom. The van der Waals surface area contributed by atoms with Crippen molar-refractivity contribution in [2.75, 3.05) is 5.75 Å². The lowest BCUT2D eigenvalue weighted by atomic mass is 9.80. The molecule has 1 aromatic heterocycles. The third kappa shape index (κ3) is 3.23. The zero-order valence-electron chi connectivity index (χ0n) is 12.9. The number of ketones is 1. The maximum atomic E-state index is 12.0. The number of nitrogens with zero attached hydrogens (tertiary/aromatic N) is 2. The lowest BCUT2D eigenvalue weighted by molar-refractivity contribution is -0.114. The number of hydrogen-bond donors (Lipinski definition) is 0. The summed E-state index contributed by atoms with van der Waals surface area (Å²) in [6.45, 7) is 5.28. The van der Waals surface area contributed by atoms with Crippen LogP contribution in [0.2, 0.25) is 0 Å². The third-order valence-electron chi connectivity index (χ3n) is 3.51. The van der Waals surface area contributed by atoms with Gasteiger partial charge in [0.15, 0.2) is 5.78 Å². The van der Waals surface area contributed by atoms with Crippen molar-refractivity contribution in [3.05, 3.63) is 47.6 Å². The first-order valence-electron chi connectivity index (χ1n) is 7.07. The van der Waals surface area contributed by atoms with Crippen LogP contribution in [0.3, 0.4) is 0 Å². The van der Waals surface area contributed by atoms with Crippen molar-refractivity contribution in [1.82, 2.24) is 0 Å². The summed E-state index contributed by atoms with van der Waals surface area (Å²) in [6.07, 6.45) is 5.55. The highest BCUT2D eigenvalue weighted by molar-refractivity contribution is 8.14. The van der Waals surface area contributed by atoms with Crippen LogP contribution in [0.4, 0.5) is 0 Å². The van der Waals surface area contributed by atoms with Crippen molar-refractivity contribution in [2.45, 2.75) is 26.7 Å². The topological polar surface area (TPSA) is 66.4 Å². The molecule has 0 saturated carbocycles. The molecule has 22 heavy (non-hydrogen) atoms. The minimum absolute atomic E-state index is 0.0691. The Morgan fingerprint density at radius 2 is 2.36 bits per heavy atom. The van der Waals surface area contributed by atoms with Gasteiger partial charge >= 0.3 is 0 Å². The molecule has 0 fully saturated rings. The predicted octanol–water partition coefficient (Wildman–Crippen LogP) is 4.09. The molecule has 1 unspecified atom stereocenters. The molecule has 2 heterocycles. The minimum atomic E-state index is -0.496. The first-order valence-corrected chi connectivity index (χ1v) is 8.06. The first kappa shape index (κ1) is 16.3. The van der Waals surface area contributed by atoms with Gasteiger partial charge in [-0.2, -0.15) is 5.26 Å². The van der Waals surface area contributed by atoms with Gasteiger partial charge in [-0.05, 0) is 32.9 Å². The SMILES string of the molecule is C/C=C/CSC1=NC(C)=C(C(C)=O)[C@H](c2ccco2)C1C#N. The summed E-state index contributed by atoms with van der Waals surface area (Å²) >= 11 is 1.53. The van der Waals surface area contributed by atoms with Gasteiger partial charge in [-0.1, -0.05) is 12.2 Å². The van der Waals surface area contributed by atoms with Gasteiger partial charge in [-0.3, -0.25) is 4.79 Å². The number of carbonyl (C=O) groups excluding carboxylic acids is 1. The fourth-order valence-corrected chi connectivity index (χ4v) is 3.59. The van der Waals surface area contributed by atoms with Gasteiger partial charge in [0.05, 0.1) is 23.3 Å². The highest BCUT2D eigenvalue weighted by atomic mass is 32.2. The van der Waals surface area contributed by atoms with E-state index in [0.29, 0.717) is 17.0 Å². The molecular weight excluding hydrogens is 296 g/mol. The Morgan fingerprint density at radius 3 is 2.91 bits per heavy atom. The van der Waals surface area contributed by atoms with Gasteiger partial charge in [0, 0.05) is 17.0 Å². The number of allylic oxidation sites excluding steroid dienone is 3. The summed E-state index contributed by atoms with van der Waals surface area (Å²) in [5.41, 5.74) is 1.24. The Balaban J connectivity index is 2.48. The summed E-state index contributed by atoms with van der Waals surface area (Å²) < 4.78 is 5.49. The fourth-order valence-electron chi connectivity index (χ4n) is 2.56. The van der Waals surface area contributed by atoms with Crippen LogP contribution < -0.4 is 0 Å². The molecule has 0 aliphatic carbocycles. The molecule has 0 amide bonds. The van der Waals surface area contributed by atoms with Gasteiger partial charge in [0.25, 0.3) is 0 Å². The molecule has 1 aliphatic heterocycles. The van der Waals surface area contributed by atoms with Crippen molar-refractivity contribution in [1.29, 1.82) is 5.26 Å². The zero-order valence-corrected chi connectivity index (χ0v) is 13.7. The Labute approximate surface area is 134 Å². The van der Waals surface area contributed by atoms with E-state index in [1.165, 1.54) is 18.7 Å². The van der Waals surface area contributed by atoms with Crippen LogP contribution in [0, 0.1) is 17.2 Å². The van der Waals surface area contributed by atoms with Crippen molar-refractivity contribution < 1.29 is 9.21 Å². The number of rotatable bonds is 4. The molecule has 2 rings (SSSR count). The van der Waals surface area contributed by atoms with E-state index in [1.807, 2.05) is 32.1 Å². The zero-order chi connectivity index (χ0) is 16.1. The van der Waals surface area contributed by atoms with Crippen LogP contribution in [0.25, 0.3) is 0 Å². The summed E-state index contributed by atoms with van der Waals surface area (Å²) in [5.74, 6) is 0.434. The standard InChI is InChI=1S/C17H18N2O2S/c1-4-5-9-22-17-13(10-18)16(14-7-6-8-21-14)15(12(3)20)11(2)19-17/h4-8,13,16H,9H2,1-3H3/b5-4+/t13?,16-/m0/s1. The third-order valence-corrected chi connectivity index (χ3v) is 4.51. The first-order chi connectivity index (χ1) is 10.6. The Bertz CT molecular complexity index is 678. The van der Waals surface area contributed by atoms with Gasteiger partial charge in [-0.15, -0.1) is 11.8 Å². The van der Waals surface area contributed by atoms with Gasteiger partial charge in [-0.25, -0.2) is 4.99 Å². The minimum Gasteiger partial charge on any atom is -0.469 e. The lowest BCUT2D eigenvalue weighted by Crippen LogP contribution is -2.27. The average molecular weight is 314 g/mol. The van der Waals surface area contributed by atoms with Crippen LogP contribution >= 0.6 is 11.8 Å². The quantitative estimate of drug-likeness (QED) is 0.785. The van der Waals surface area contributed by atoms with Gasteiger partial charge in [0.1, 0.15) is 11.7 Å². The van der Waals surface area contributed by atoms with E-state index in [0.717, 1.165) is 10.8 Å². The van der Waals surface area contributed by atoms with Crippen molar-refractivity contribution >= 4 is 22.6 Å². The number of aliphatic imine (C=N–C) groups is 1. The van der Waals surface area contributed by atoms with E-state index in [-0.39, 0.29) is 11.7 Å². The van der Waals surface area contributed by atoms with Crippen molar-refractivity contribution in [2.24, 2.45) is 10.9 Å². The molecule has 5 heteroatoms. The van der Waals surface area contributed by atoms with Crippen molar-refractivity contribution in [3.63, 3.8) is 0 Å². The maximum Gasteiger partial charge on any atom is 0.158 e. The highest BCUT2D eigenvalue weighted by Gasteiger charge is 2.38. The molecule has 114 valence electrons. The number of Topliss-reactive ketones (excluding diaryl/α,β-unsaturated/α-hetero) is 1. The lowest BCUT2D eigenvalue weighted by Gasteiger charge is -2.27. The number of carbonyl (C=O) groups is 1. The van der Waals surface area contributed by atoms with Crippen LogP contribution in [0.5, 0.6) is 0 Å². The molecule has 0 bridgehead atoms. The second kappa shape index (κ2) is 7.28. The summed E-state index contributed by atoms with van der Waals surface area (Å²) in [4.78, 5) is 16.6. The normalized spacial score (nSPS) is 21.8. The molecule has 0 aromatic carbocycles. The molecule has 2 atom stereocenters. The molecule has 1 aromatic rings. The van der Waals surface area contributed by atoms with Crippen LogP contribution in [-0.2, 0) is 4.79 Å². The maximum absolute atomic E-state index is 12.0. The molecule has 4 nitrogen and oxygen atoms in total. The number of furan rings is 1. The van der Waals surface area contributed by atoms with Crippen molar-refractivity contribution in [3.8, 4) is 6.07 Å². The molecule has 0 N–H and O–H groups in total. The predicted molar refractivity (Wildman–Crippen MR) is 88.6 cm³/mol. The molecular formula is C17H18N2O2S. The van der Waals surface area contributed by atoms with E-state index < -0.39 is 5.92 Å². The van der Waals surface area contributed by atoms with E-state index >= 15 is 0 Å². The number of nitriles is 1. The summed E-state index contributed by atoms with van der Waals surface area (Å²) in [5, 5.41) is 10.4. The second-order valence-corrected chi connectivity index (χ2v) is 6.03. The van der Waals surface area contributed by atoms with Gasteiger partial charge in [0.2, 0.25) is 0 Å². The van der Waals surface area contributed by atoms with E-state index in [4.69, 9.17) is 4.42 Å². The van der Waals surface area contributed by atoms with Crippen LogP contribution in [0.15, 0.2) is 51.2 Å². The number of thioether (sulfide) groups is 1. The van der Waals surface area contributed by atoms with Gasteiger partial charge < -0.3 is 4.42 Å². The number of hydrogen-bond acceptors (Lipinski definition) is 5. The average Bonchev–Trinajstić information content (AvgIpc) is 3.00. The molecule has 0 radical (unpaired) electrons. The van der Waals surface area contributed by atoms with E-state index in [1.54, 1.807) is 12.3 Å².